The van der Waals surface area contributed by atoms with Crippen LogP contribution in [0.25, 0.3) is 54.9 Å². The first-order chi connectivity index (χ1) is 19.8. The van der Waals surface area contributed by atoms with E-state index in [0.717, 1.165) is 49.4 Å². The summed E-state index contributed by atoms with van der Waals surface area (Å²) in [5.41, 5.74) is 6.46. The van der Waals surface area contributed by atoms with Gasteiger partial charge in [0.1, 0.15) is 13.2 Å². The van der Waals surface area contributed by atoms with Gasteiger partial charge in [0.2, 0.25) is 0 Å². The van der Waals surface area contributed by atoms with Gasteiger partial charge >= 0.3 is 0 Å². The van der Waals surface area contributed by atoms with Gasteiger partial charge in [-0.25, -0.2) is 0 Å². The molecule has 6 aromatic rings. The number of rotatable bonds is 9. The second-order valence-electron chi connectivity index (χ2n) is 9.63. The molecular formula is C36H30O4. The Balaban J connectivity index is 1.60. The molecule has 0 amide bonds. The Morgan fingerprint density at radius 3 is 1.73 bits per heavy atom. The van der Waals surface area contributed by atoms with Crippen molar-refractivity contribution in [2.24, 2.45) is 0 Å². The number of ether oxygens (including phenoxy) is 2. The fraction of sp³-hybridized carbons (Fsp3) is 0.111. The summed E-state index contributed by atoms with van der Waals surface area (Å²) < 4.78 is 12.2. The first-order valence-corrected chi connectivity index (χ1v) is 13.5. The third-order valence-corrected chi connectivity index (χ3v) is 7.11. The number of hydrogen-bond donors (Lipinski definition) is 2. The zero-order valence-electron chi connectivity index (χ0n) is 22.1. The first-order valence-electron chi connectivity index (χ1n) is 13.5. The Labute approximate surface area is 233 Å². The summed E-state index contributed by atoms with van der Waals surface area (Å²) in [5, 5.41) is 23.4. The Bertz CT molecular complexity index is 1760. The zero-order valence-corrected chi connectivity index (χ0v) is 22.1. The van der Waals surface area contributed by atoms with Gasteiger partial charge in [0.25, 0.3) is 0 Å². The van der Waals surface area contributed by atoms with E-state index in [1.807, 2.05) is 30.3 Å². The van der Waals surface area contributed by atoms with Crippen LogP contribution in [0.15, 0.2) is 121 Å². The van der Waals surface area contributed by atoms with Gasteiger partial charge in [-0.05, 0) is 67.6 Å². The number of aliphatic hydroxyl groups is 2. The van der Waals surface area contributed by atoms with Crippen LogP contribution in [0.3, 0.4) is 0 Å². The molecule has 0 bridgehead atoms. The highest BCUT2D eigenvalue weighted by atomic mass is 16.5. The highest BCUT2D eigenvalue weighted by molar-refractivity contribution is 6.10. The van der Waals surface area contributed by atoms with Crippen LogP contribution < -0.4 is 9.47 Å². The van der Waals surface area contributed by atoms with Crippen LogP contribution >= 0.6 is 0 Å². The summed E-state index contributed by atoms with van der Waals surface area (Å²) >= 11 is 0. The smallest absolute Gasteiger partial charge is 0.169 e. The summed E-state index contributed by atoms with van der Waals surface area (Å²) in [6, 6.07) is 41.8. The molecule has 0 saturated carbocycles. The minimum Gasteiger partial charge on any atom is -0.487 e. The fourth-order valence-electron chi connectivity index (χ4n) is 5.31. The van der Waals surface area contributed by atoms with Crippen molar-refractivity contribution in [3.8, 4) is 44.9 Å². The summed E-state index contributed by atoms with van der Waals surface area (Å²) in [6.07, 6.45) is 0. The van der Waals surface area contributed by atoms with Crippen molar-refractivity contribution in [1.82, 2.24) is 0 Å². The number of benzene rings is 6. The van der Waals surface area contributed by atoms with Gasteiger partial charge in [-0.3, -0.25) is 0 Å². The van der Waals surface area contributed by atoms with Crippen LogP contribution in [0.2, 0.25) is 0 Å². The summed E-state index contributed by atoms with van der Waals surface area (Å²) in [7, 11) is 0. The molecule has 6 rings (SSSR count). The lowest BCUT2D eigenvalue weighted by atomic mass is 9.90. The van der Waals surface area contributed by atoms with Crippen LogP contribution in [0.1, 0.15) is 0 Å². The van der Waals surface area contributed by atoms with Gasteiger partial charge in [0.15, 0.2) is 11.5 Å². The van der Waals surface area contributed by atoms with Crippen molar-refractivity contribution in [3.63, 3.8) is 0 Å². The highest BCUT2D eigenvalue weighted by Gasteiger charge is 2.20. The average Bonchev–Trinajstić information content (AvgIpc) is 3.02. The predicted octanol–water partition coefficient (Wildman–Crippen LogP) is 7.74. The Morgan fingerprint density at radius 2 is 1.07 bits per heavy atom. The van der Waals surface area contributed by atoms with E-state index in [1.165, 1.54) is 5.56 Å². The van der Waals surface area contributed by atoms with E-state index >= 15 is 0 Å². The standard InChI is InChI=1S/C36H30O4/c37-18-20-39-34-24-30-23-28(26-10-5-2-6-11-26)15-17-32(30)35(36(34)40-21-19-38)33-13-7-12-29-22-27(14-16-31(29)33)25-8-3-1-4-9-25/h1-17,22-24,37-38H,18-21H2. The number of hydrogen-bond acceptors (Lipinski definition) is 4. The molecule has 0 atom stereocenters. The van der Waals surface area contributed by atoms with Crippen LogP contribution in [0, 0.1) is 0 Å². The number of aliphatic hydroxyl groups excluding tert-OH is 2. The lowest BCUT2D eigenvalue weighted by molar-refractivity contribution is 0.179. The van der Waals surface area contributed by atoms with Gasteiger partial charge in [-0.1, -0.05) is 103 Å². The lowest BCUT2D eigenvalue weighted by Crippen LogP contribution is -2.08. The van der Waals surface area contributed by atoms with E-state index in [4.69, 9.17) is 9.47 Å². The van der Waals surface area contributed by atoms with Crippen LogP contribution in [-0.2, 0) is 0 Å². The van der Waals surface area contributed by atoms with Crippen LogP contribution in [0.5, 0.6) is 11.5 Å². The van der Waals surface area contributed by atoms with Crippen molar-refractivity contribution in [2.75, 3.05) is 26.4 Å². The molecule has 4 heteroatoms. The molecule has 0 saturated heterocycles. The van der Waals surface area contributed by atoms with Crippen molar-refractivity contribution < 1.29 is 19.7 Å². The topological polar surface area (TPSA) is 58.9 Å². The monoisotopic (exact) mass is 526 g/mol. The van der Waals surface area contributed by atoms with Gasteiger partial charge in [0.05, 0.1) is 13.2 Å². The van der Waals surface area contributed by atoms with Crippen molar-refractivity contribution in [1.29, 1.82) is 0 Å². The average molecular weight is 527 g/mol. The second kappa shape index (κ2) is 11.6. The lowest BCUT2D eigenvalue weighted by Gasteiger charge is -2.20. The fourth-order valence-corrected chi connectivity index (χ4v) is 5.31. The van der Waals surface area contributed by atoms with E-state index in [1.54, 1.807) is 0 Å². The minimum atomic E-state index is -0.125. The largest absolute Gasteiger partial charge is 0.487 e. The molecule has 0 fully saturated rings. The van der Waals surface area contributed by atoms with Gasteiger partial charge in [-0.2, -0.15) is 0 Å². The molecule has 0 aliphatic rings. The van der Waals surface area contributed by atoms with Gasteiger partial charge in [0, 0.05) is 5.56 Å². The molecule has 0 aliphatic carbocycles. The molecular weight excluding hydrogens is 496 g/mol. The quantitative estimate of drug-likeness (QED) is 0.202. The molecule has 198 valence electrons. The van der Waals surface area contributed by atoms with E-state index < -0.39 is 0 Å². The first kappa shape index (κ1) is 25.6. The van der Waals surface area contributed by atoms with E-state index in [9.17, 15) is 10.2 Å². The van der Waals surface area contributed by atoms with Crippen molar-refractivity contribution >= 4 is 21.5 Å². The third-order valence-electron chi connectivity index (χ3n) is 7.11. The summed E-state index contributed by atoms with van der Waals surface area (Å²) in [6.45, 7) is 0.0149. The predicted molar refractivity (Wildman–Crippen MR) is 163 cm³/mol. The SMILES string of the molecule is OCCOc1cc2cc(-c3ccccc3)ccc2c(-c2cccc3cc(-c4ccccc4)ccc23)c1OCCO. The van der Waals surface area contributed by atoms with Crippen molar-refractivity contribution in [2.45, 2.75) is 0 Å². The third kappa shape index (κ3) is 5.03. The second-order valence-corrected chi connectivity index (χ2v) is 9.63. The molecule has 0 heterocycles. The van der Waals surface area contributed by atoms with E-state index in [0.29, 0.717) is 11.5 Å². The molecule has 0 spiro atoms. The summed E-state index contributed by atoms with van der Waals surface area (Å²) in [5.74, 6) is 1.09. The van der Waals surface area contributed by atoms with E-state index in [-0.39, 0.29) is 26.4 Å². The minimum absolute atomic E-state index is 0.118. The molecule has 0 unspecified atom stereocenters. The maximum Gasteiger partial charge on any atom is 0.169 e. The van der Waals surface area contributed by atoms with Crippen LogP contribution in [0.4, 0.5) is 0 Å². The Kier molecular flexibility index (Phi) is 7.45. The molecule has 0 radical (unpaired) electrons. The molecule has 0 aliphatic heterocycles. The Hall–Kier alpha value is -4.64. The highest BCUT2D eigenvalue weighted by Crippen LogP contribution is 2.47. The maximum absolute atomic E-state index is 9.64. The summed E-state index contributed by atoms with van der Waals surface area (Å²) in [4.78, 5) is 0. The number of fused-ring (bicyclic) bond motifs is 2. The van der Waals surface area contributed by atoms with Crippen molar-refractivity contribution in [3.05, 3.63) is 121 Å². The van der Waals surface area contributed by atoms with Crippen LogP contribution in [-0.4, -0.2) is 36.6 Å². The molecule has 0 aromatic heterocycles. The maximum atomic E-state index is 9.64. The molecule has 4 nitrogen and oxygen atoms in total. The van der Waals surface area contributed by atoms with Gasteiger partial charge in [-0.15, -0.1) is 0 Å². The Morgan fingerprint density at radius 1 is 0.475 bits per heavy atom. The molecule has 40 heavy (non-hydrogen) atoms. The molecule has 2 N–H and O–H groups in total. The normalized spacial score (nSPS) is 11.2. The molecule has 6 aromatic carbocycles. The zero-order chi connectivity index (χ0) is 27.3. The van der Waals surface area contributed by atoms with E-state index in [2.05, 4.69) is 91.0 Å². The van der Waals surface area contributed by atoms with Gasteiger partial charge < -0.3 is 19.7 Å².